The maximum Gasteiger partial charge on any atom is 0.173 e. The summed E-state index contributed by atoms with van der Waals surface area (Å²) in [5, 5.41) is 4.15. The summed E-state index contributed by atoms with van der Waals surface area (Å²) in [6.07, 6.45) is 8.43. The predicted octanol–water partition coefficient (Wildman–Crippen LogP) is 4.17. The fraction of sp³-hybridized carbons (Fsp3) is 0.400. The summed E-state index contributed by atoms with van der Waals surface area (Å²) < 4.78 is 11.3. The van der Waals surface area contributed by atoms with Crippen LogP contribution in [0.15, 0.2) is 42.7 Å². The molecule has 0 unspecified atom stereocenters. The van der Waals surface area contributed by atoms with E-state index < -0.39 is 0 Å². The minimum absolute atomic E-state index is 0.290. The SMILES string of the molecule is S=C(Nc1ccc2c(c1)OCCO2)N1CCCCC[C@@H]1c1ccncc1. The smallest absolute Gasteiger partial charge is 0.173 e. The van der Waals surface area contributed by atoms with Crippen molar-refractivity contribution in [1.82, 2.24) is 9.88 Å². The fourth-order valence-corrected chi connectivity index (χ4v) is 3.94. The van der Waals surface area contributed by atoms with Gasteiger partial charge in [0.15, 0.2) is 16.6 Å². The van der Waals surface area contributed by atoms with E-state index in [4.69, 9.17) is 21.7 Å². The summed E-state index contributed by atoms with van der Waals surface area (Å²) in [6, 6.07) is 10.4. The zero-order valence-corrected chi connectivity index (χ0v) is 15.5. The van der Waals surface area contributed by atoms with Gasteiger partial charge in [-0.05, 0) is 54.9 Å². The van der Waals surface area contributed by atoms with Crippen molar-refractivity contribution in [2.45, 2.75) is 31.7 Å². The molecule has 1 atom stereocenters. The molecule has 1 fully saturated rings. The number of benzene rings is 1. The summed E-state index contributed by atoms with van der Waals surface area (Å²) in [5.41, 5.74) is 2.20. The molecule has 1 aromatic carbocycles. The van der Waals surface area contributed by atoms with Crippen LogP contribution in [-0.2, 0) is 0 Å². The molecule has 0 radical (unpaired) electrons. The van der Waals surface area contributed by atoms with Gasteiger partial charge in [0.1, 0.15) is 13.2 Å². The highest BCUT2D eigenvalue weighted by molar-refractivity contribution is 7.80. The molecule has 2 aliphatic rings. The van der Waals surface area contributed by atoms with Crippen LogP contribution in [0.2, 0.25) is 0 Å². The molecule has 1 N–H and O–H groups in total. The van der Waals surface area contributed by atoms with Gasteiger partial charge in [-0.1, -0.05) is 12.8 Å². The van der Waals surface area contributed by atoms with Crippen LogP contribution in [0.25, 0.3) is 0 Å². The van der Waals surface area contributed by atoms with E-state index in [0.717, 1.165) is 41.7 Å². The molecule has 0 amide bonds. The Morgan fingerprint density at radius 2 is 1.85 bits per heavy atom. The van der Waals surface area contributed by atoms with Crippen LogP contribution in [-0.4, -0.2) is 34.8 Å². The molecule has 0 spiro atoms. The number of anilines is 1. The average Bonchev–Trinajstić information content (AvgIpc) is 2.95. The fourth-order valence-electron chi connectivity index (χ4n) is 3.60. The van der Waals surface area contributed by atoms with E-state index in [-0.39, 0.29) is 6.04 Å². The summed E-state index contributed by atoms with van der Waals surface area (Å²) in [7, 11) is 0. The lowest BCUT2D eigenvalue weighted by atomic mass is 10.0. The number of likely N-dealkylation sites (tertiary alicyclic amines) is 1. The molecule has 0 saturated carbocycles. The third kappa shape index (κ3) is 3.75. The number of ether oxygens (including phenoxy) is 2. The average molecular weight is 369 g/mol. The first-order chi connectivity index (χ1) is 12.8. The van der Waals surface area contributed by atoms with Crippen molar-refractivity contribution in [3.05, 3.63) is 48.3 Å². The number of fused-ring (bicyclic) bond motifs is 1. The zero-order valence-electron chi connectivity index (χ0n) is 14.7. The first kappa shape index (κ1) is 17.1. The van der Waals surface area contributed by atoms with Crippen molar-refractivity contribution >= 4 is 23.0 Å². The Kier molecular flexibility index (Phi) is 5.20. The van der Waals surface area contributed by atoms with E-state index in [1.165, 1.54) is 18.4 Å². The Morgan fingerprint density at radius 1 is 1.04 bits per heavy atom. The first-order valence-electron chi connectivity index (χ1n) is 9.18. The lowest BCUT2D eigenvalue weighted by Gasteiger charge is -2.33. The van der Waals surface area contributed by atoms with Gasteiger partial charge in [-0.3, -0.25) is 4.98 Å². The van der Waals surface area contributed by atoms with Gasteiger partial charge in [-0.25, -0.2) is 0 Å². The van der Waals surface area contributed by atoms with E-state index in [2.05, 4.69) is 27.3 Å². The molecule has 26 heavy (non-hydrogen) atoms. The standard InChI is InChI=1S/C20H23N3O2S/c26-20(22-16-5-6-18-19(14-16)25-13-12-24-18)23-11-3-1-2-4-17(23)15-7-9-21-10-8-15/h5-10,14,17H,1-4,11-13H2,(H,22,26)/t17-/m1/s1. The third-order valence-corrected chi connectivity index (χ3v) is 5.23. The second kappa shape index (κ2) is 7.91. The van der Waals surface area contributed by atoms with Gasteiger partial charge in [0.05, 0.1) is 6.04 Å². The second-order valence-electron chi connectivity index (χ2n) is 6.63. The monoisotopic (exact) mass is 369 g/mol. The number of nitrogens with one attached hydrogen (secondary N) is 1. The third-order valence-electron chi connectivity index (χ3n) is 4.90. The van der Waals surface area contributed by atoms with E-state index >= 15 is 0 Å². The van der Waals surface area contributed by atoms with Gasteiger partial charge >= 0.3 is 0 Å². The highest BCUT2D eigenvalue weighted by atomic mass is 32.1. The van der Waals surface area contributed by atoms with Crippen molar-refractivity contribution < 1.29 is 9.47 Å². The second-order valence-corrected chi connectivity index (χ2v) is 7.01. The van der Waals surface area contributed by atoms with Crippen LogP contribution < -0.4 is 14.8 Å². The van der Waals surface area contributed by atoms with Crippen molar-refractivity contribution in [3.8, 4) is 11.5 Å². The molecule has 5 nitrogen and oxygen atoms in total. The predicted molar refractivity (Wildman–Crippen MR) is 106 cm³/mol. The van der Waals surface area contributed by atoms with Gasteiger partial charge in [0.2, 0.25) is 0 Å². The first-order valence-corrected chi connectivity index (χ1v) is 9.59. The maximum absolute atomic E-state index is 5.78. The van der Waals surface area contributed by atoms with E-state index in [0.29, 0.717) is 13.2 Å². The van der Waals surface area contributed by atoms with Crippen molar-refractivity contribution in [2.75, 3.05) is 25.1 Å². The van der Waals surface area contributed by atoms with Crippen molar-refractivity contribution in [2.24, 2.45) is 0 Å². The van der Waals surface area contributed by atoms with Crippen LogP contribution >= 0.6 is 12.2 Å². The minimum atomic E-state index is 0.290. The van der Waals surface area contributed by atoms with Crippen LogP contribution in [0, 0.1) is 0 Å². The Labute approximate surface area is 159 Å². The van der Waals surface area contributed by atoms with Gasteiger partial charge in [-0.2, -0.15) is 0 Å². The lowest BCUT2D eigenvalue weighted by Crippen LogP contribution is -2.37. The lowest BCUT2D eigenvalue weighted by molar-refractivity contribution is 0.171. The Hall–Kier alpha value is -2.34. The highest BCUT2D eigenvalue weighted by Crippen LogP contribution is 2.34. The van der Waals surface area contributed by atoms with E-state index in [1.54, 1.807) is 0 Å². The summed E-state index contributed by atoms with van der Waals surface area (Å²) in [5.74, 6) is 1.56. The van der Waals surface area contributed by atoms with Gasteiger partial charge in [-0.15, -0.1) is 0 Å². The molecule has 2 aromatic rings. The van der Waals surface area contributed by atoms with E-state index in [9.17, 15) is 0 Å². The molecule has 3 heterocycles. The quantitative estimate of drug-likeness (QED) is 0.802. The minimum Gasteiger partial charge on any atom is -0.486 e. The number of pyridine rings is 1. The summed E-state index contributed by atoms with van der Waals surface area (Å²) >= 11 is 5.78. The zero-order chi connectivity index (χ0) is 17.8. The molecule has 1 saturated heterocycles. The molecule has 0 aliphatic carbocycles. The number of rotatable bonds is 2. The van der Waals surface area contributed by atoms with Gasteiger partial charge in [0.25, 0.3) is 0 Å². The molecular weight excluding hydrogens is 346 g/mol. The number of aromatic nitrogens is 1. The number of hydrogen-bond acceptors (Lipinski definition) is 4. The van der Waals surface area contributed by atoms with Crippen LogP contribution in [0.5, 0.6) is 11.5 Å². The number of hydrogen-bond donors (Lipinski definition) is 1. The maximum atomic E-state index is 5.78. The largest absolute Gasteiger partial charge is 0.486 e. The molecule has 1 aromatic heterocycles. The Balaban J connectivity index is 1.53. The van der Waals surface area contributed by atoms with Gasteiger partial charge in [0, 0.05) is 30.7 Å². The topological polar surface area (TPSA) is 46.6 Å². The van der Waals surface area contributed by atoms with Gasteiger partial charge < -0.3 is 19.7 Å². The number of nitrogens with zero attached hydrogens (tertiary/aromatic N) is 2. The van der Waals surface area contributed by atoms with Crippen molar-refractivity contribution in [1.29, 1.82) is 0 Å². The highest BCUT2D eigenvalue weighted by Gasteiger charge is 2.25. The van der Waals surface area contributed by atoms with E-state index in [1.807, 2.05) is 30.6 Å². The molecule has 6 heteroatoms. The normalized spacial score (nSPS) is 19.5. The van der Waals surface area contributed by atoms with Crippen LogP contribution in [0.4, 0.5) is 5.69 Å². The van der Waals surface area contributed by atoms with Crippen LogP contribution in [0.1, 0.15) is 37.3 Å². The Morgan fingerprint density at radius 3 is 2.69 bits per heavy atom. The molecule has 0 bridgehead atoms. The Bertz CT molecular complexity index is 769. The molecular formula is C20H23N3O2S. The molecule has 2 aliphatic heterocycles. The summed E-state index contributed by atoms with van der Waals surface area (Å²) in [6.45, 7) is 2.14. The molecule has 136 valence electrons. The molecule has 4 rings (SSSR count). The van der Waals surface area contributed by atoms with Crippen LogP contribution in [0.3, 0.4) is 0 Å². The summed E-state index contributed by atoms with van der Waals surface area (Å²) in [4.78, 5) is 6.46. The number of thiocarbonyl (C=S) groups is 1. The van der Waals surface area contributed by atoms with Crippen molar-refractivity contribution in [3.63, 3.8) is 0 Å².